The number of para-hydroxylation sites is 4. The Labute approximate surface area is 327 Å². The largest absolute Gasteiger partial charge is 0.456 e. The highest BCUT2D eigenvalue weighted by Crippen LogP contribution is 2.45. The van der Waals surface area contributed by atoms with E-state index < -0.39 is 0 Å². The zero-order chi connectivity index (χ0) is 37.0. The van der Waals surface area contributed by atoms with Crippen molar-refractivity contribution in [3.05, 3.63) is 200 Å². The van der Waals surface area contributed by atoms with Gasteiger partial charge in [0, 0.05) is 61.2 Å². The summed E-state index contributed by atoms with van der Waals surface area (Å²) in [6.07, 6.45) is 0. The highest BCUT2D eigenvalue weighted by Gasteiger charge is 2.20. The maximum absolute atomic E-state index is 6.20. The van der Waals surface area contributed by atoms with Gasteiger partial charge in [-0.15, -0.1) is 11.3 Å². The van der Waals surface area contributed by atoms with Gasteiger partial charge in [0.05, 0.1) is 10.2 Å². The molecule has 0 aliphatic carbocycles. The van der Waals surface area contributed by atoms with Crippen molar-refractivity contribution < 1.29 is 4.42 Å². The topological polar surface area (TPSA) is 32.5 Å². The quantitative estimate of drug-likeness (QED) is 0.153. The fourth-order valence-electron chi connectivity index (χ4n) is 8.08. The third-order valence-corrected chi connectivity index (χ3v) is 11.8. The summed E-state index contributed by atoms with van der Waals surface area (Å²) in [6, 6.07) is 70.8. The van der Waals surface area contributed by atoms with E-state index in [2.05, 4.69) is 198 Å². The van der Waals surface area contributed by atoms with Gasteiger partial charge < -0.3 is 14.2 Å². The molecule has 0 unspecified atom stereocenters. The van der Waals surface area contributed by atoms with Crippen LogP contribution < -0.4 is 9.80 Å². The van der Waals surface area contributed by atoms with Gasteiger partial charge in [0.15, 0.2) is 0 Å². The molecule has 0 bridgehead atoms. The second-order valence-corrected chi connectivity index (χ2v) is 15.0. The molecule has 9 aromatic carbocycles. The van der Waals surface area contributed by atoms with Crippen molar-refractivity contribution in [3.63, 3.8) is 0 Å². The van der Waals surface area contributed by atoms with Gasteiger partial charge in [0.1, 0.15) is 16.2 Å². The van der Waals surface area contributed by atoms with E-state index in [1.54, 1.807) is 11.3 Å². The molecule has 2 aromatic heterocycles. The van der Waals surface area contributed by atoms with Crippen molar-refractivity contribution in [2.45, 2.75) is 0 Å². The Hall–Kier alpha value is -7.21. The molecule has 0 N–H and O–H groups in total. The normalized spacial score (nSPS) is 11.6. The van der Waals surface area contributed by atoms with Crippen molar-refractivity contribution in [1.82, 2.24) is 4.98 Å². The highest BCUT2D eigenvalue weighted by atomic mass is 32.1. The third kappa shape index (κ3) is 5.40. The summed E-state index contributed by atoms with van der Waals surface area (Å²) in [7, 11) is 0. The minimum Gasteiger partial charge on any atom is -0.456 e. The van der Waals surface area contributed by atoms with E-state index in [1.165, 1.54) is 20.9 Å². The lowest BCUT2D eigenvalue weighted by molar-refractivity contribution is 0.669. The van der Waals surface area contributed by atoms with Gasteiger partial charge in [0.25, 0.3) is 0 Å². The number of hydrogen-bond donors (Lipinski definition) is 0. The zero-order valence-electron chi connectivity index (χ0n) is 30.2. The molecular formula is C51H33N3OS. The number of rotatable bonds is 7. The molecule has 56 heavy (non-hydrogen) atoms. The molecule has 0 saturated carbocycles. The lowest BCUT2D eigenvalue weighted by Gasteiger charge is -2.26. The summed E-state index contributed by atoms with van der Waals surface area (Å²) < 4.78 is 7.38. The Morgan fingerprint density at radius 1 is 0.357 bits per heavy atom. The lowest BCUT2D eigenvalue weighted by atomic mass is 9.99. The molecule has 2 heterocycles. The Kier molecular flexibility index (Phi) is 7.64. The first-order valence-corrected chi connectivity index (χ1v) is 19.6. The summed E-state index contributed by atoms with van der Waals surface area (Å²) in [4.78, 5) is 10.0. The summed E-state index contributed by atoms with van der Waals surface area (Å²) in [6.45, 7) is 0. The Morgan fingerprint density at radius 3 is 1.57 bits per heavy atom. The number of fused-ring (bicyclic) bond motifs is 9. The molecule has 0 aliphatic rings. The Balaban J connectivity index is 1.06. The monoisotopic (exact) mass is 735 g/mol. The summed E-state index contributed by atoms with van der Waals surface area (Å²) >= 11 is 1.76. The minimum absolute atomic E-state index is 0.880. The molecule has 5 heteroatoms. The molecule has 0 spiro atoms. The molecule has 0 atom stereocenters. The molecule has 264 valence electrons. The van der Waals surface area contributed by atoms with Crippen LogP contribution in [0.2, 0.25) is 0 Å². The number of hydrogen-bond acceptors (Lipinski definition) is 5. The maximum atomic E-state index is 6.20. The van der Waals surface area contributed by atoms with E-state index in [0.717, 1.165) is 77.5 Å². The number of anilines is 6. The second kappa shape index (κ2) is 13.3. The maximum Gasteiger partial charge on any atom is 0.135 e. The predicted molar refractivity (Wildman–Crippen MR) is 237 cm³/mol. The average Bonchev–Trinajstić information content (AvgIpc) is 3.88. The molecule has 0 saturated heterocycles. The number of nitrogens with zero attached hydrogens (tertiary/aromatic N) is 3. The van der Waals surface area contributed by atoms with Crippen LogP contribution in [0, 0.1) is 0 Å². The van der Waals surface area contributed by atoms with Gasteiger partial charge in [-0.3, -0.25) is 0 Å². The van der Waals surface area contributed by atoms with E-state index >= 15 is 0 Å². The van der Waals surface area contributed by atoms with Crippen molar-refractivity contribution >= 4 is 99.2 Å². The summed E-state index contributed by atoms with van der Waals surface area (Å²) in [5, 5.41) is 7.96. The van der Waals surface area contributed by atoms with Crippen LogP contribution in [0.4, 0.5) is 34.1 Å². The fourth-order valence-corrected chi connectivity index (χ4v) is 9.20. The molecule has 11 aromatic rings. The van der Waals surface area contributed by atoms with Gasteiger partial charge in [-0.1, -0.05) is 115 Å². The van der Waals surface area contributed by atoms with Gasteiger partial charge in [-0.25, -0.2) is 4.98 Å². The molecule has 11 rings (SSSR count). The van der Waals surface area contributed by atoms with Crippen LogP contribution in [-0.2, 0) is 0 Å². The SMILES string of the molecule is c1ccc(N(c2cccc(-c3nc4c5ccccc5c5cc(N(c6ccccc6)c6ccccc6)ccc5c4s3)c2)c2ccc3oc4ccccc4c3c2)cc1. The number of benzene rings is 9. The first kappa shape index (κ1) is 32.2. The molecular weight excluding hydrogens is 703 g/mol. The summed E-state index contributed by atoms with van der Waals surface area (Å²) in [5.74, 6) is 0. The smallest absolute Gasteiger partial charge is 0.135 e. The highest BCUT2D eigenvalue weighted by molar-refractivity contribution is 7.22. The first-order chi connectivity index (χ1) is 27.8. The lowest BCUT2D eigenvalue weighted by Crippen LogP contribution is -2.09. The van der Waals surface area contributed by atoms with Crippen LogP contribution in [-0.4, -0.2) is 4.98 Å². The van der Waals surface area contributed by atoms with E-state index in [1.807, 2.05) is 12.1 Å². The minimum atomic E-state index is 0.880. The van der Waals surface area contributed by atoms with Gasteiger partial charge in [-0.05, 0) is 95.7 Å². The van der Waals surface area contributed by atoms with E-state index in [4.69, 9.17) is 9.40 Å². The molecule has 4 nitrogen and oxygen atoms in total. The predicted octanol–water partition coefficient (Wildman–Crippen LogP) is 15.1. The van der Waals surface area contributed by atoms with Crippen LogP contribution >= 0.6 is 11.3 Å². The van der Waals surface area contributed by atoms with Crippen molar-refractivity contribution in [2.24, 2.45) is 0 Å². The average molecular weight is 736 g/mol. The standard InChI is InChI=1S/C51H33N3OS/c1-4-16-35(17-5-1)53(36-18-6-2-7-19-36)39-27-29-44-45(32-39)41-23-10-11-25-43(41)49-50(44)56-51(52-49)34-15-14-22-38(31-34)54(37-20-8-3-9-21-37)40-28-30-48-46(33-40)42-24-12-13-26-47(42)55-48/h1-33H. The van der Waals surface area contributed by atoms with Gasteiger partial charge in [0.2, 0.25) is 0 Å². The van der Waals surface area contributed by atoms with E-state index in [0.29, 0.717) is 0 Å². The van der Waals surface area contributed by atoms with Crippen LogP contribution in [0.1, 0.15) is 0 Å². The fraction of sp³-hybridized carbons (Fsp3) is 0. The van der Waals surface area contributed by atoms with Crippen LogP contribution in [0.5, 0.6) is 0 Å². The van der Waals surface area contributed by atoms with E-state index in [-0.39, 0.29) is 0 Å². The summed E-state index contributed by atoms with van der Waals surface area (Å²) in [5.41, 5.74) is 10.4. The first-order valence-electron chi connectivity index (χ1n) is 18.8. The third-order valence-electron chi connectivity index (χ3n) is 10.6. The molecule has 0 radical (unpaired) electrons. The van der Waals surface area contributed by atoms with Crippen molar-refractivity contribution in [3.8, 4) is 10.6 Å². The second-order valence-electron chi connectivity index (χ2n) is 14.0. The van der Waals surface area contributed by atoms with Gasteiger partial charge >= 0.3 is 0 Å². The van der Waals surface area contributed by atoms with Crippen LogP contribution in [0.15, 0.2) is 205 Å². The van der Waals surface area contributed by atoms with Crippen LogP contribution in [0.25, 0.3) is 64.3 Å². The zero-order valence-corrected chi connectivity index (χ0v) is 31.0. The van der Waals surface area contributed by atoms with Crippen LogP contribution in [0.3, 0.4) is 0 Å². The van der Waals surface area contributed by atoms with Gasteiger partial charge in [-0.2, -0.15) is 0 Å². The number of aromatic nitrogens is 1. The van der Waals surface area contributed by atoms with Crippen molar-refractivity contribution in [2.75, 3.05) is 9.80 Å². The molecule has 0 aliphatic heterocycles. The molecule has 0 fully saturated rings. The number of thiazole rings is 1. The van der Waals surface area contributed by atoms with E-state index in [9.17, 15) is 0 Å². The Morgan fingerprint density at radius 2 is 0.875 bits per heavy atom. The molecule has 0 amide bonds. The Bertz CT molecular complexity index is 3170. The number of furan rings is 1. The van der Waals surface area contributed by atoms with Crippen molar-refractivity contribution in [1.29, 1.82) is 0 Å².